The molecule has 0 aliphatic carbocycles. The van der Waals surface area contributed by atoms with Crippen molar-refractivity contribution in [1.82, 2.24) is 24.9 Å². The van der Waals surface area contributed by atoms with Crippen LogP contribution in [-0.4, -0.2) is 136 Å². The Morgan fingerprint density at radius 1 is 1.00 bits per heavy atom. The highest BCUT2D eigenvalue weighted by atomic mass is 16.5. The number of benzene rings is 1. The van der Waals surface area contributed by atoms with Gasteiger partial charge in [-0.3, -0.25) is 19.2 Å². The molecule has 1 aliphatic heterocycles. The fourth-order valence-corrected chi connectivity index (χ4v) is 7.04. The van der Waals surface area contributed by atoms with Gasteiger partial charge < -0.3 is 40.1 Å². The first-order valence-corrected chi connectivity index (χ1v) is 17.7. The van der Waals surface area contributed by atoms with Crippen LogP contribution >= 0.6 is 0 Å². The molecule has 1 fully saturated rings. The molecule has 7 atom stereocenters. The van der Waals surface area contributed by atoms with Gasteiger partial charge in [0.2, 0.25) is 23.6 Å². The number of carbonyl (C=O) groups is 4. The lowest BCUT2D eigenvalue weighted by molar-refractivity contribution is -0.149. The summed E-state index contributed by atoms with van der Waals surface area (Å²) in [6.45, 7) is 11.0. The summed E-state index contributed by atoms with van der Waals surface area (Å²) in [5, 5.41) is 2.92. The minimum Gasteiger partial charge on any atom is -0.399 e. The largest absolute Gasteiger partial charge is 0.399 e. The summed E-state index contributed by atoms with van der Waals surface area (Å²) in [6.07, 6.45) is 1.91. The van der Waals surface area contributed by atoms with Gasteiger partial charge in [0, 0.05) is 47.1 Å². The van der Waals surface area contributed by atoms with Crippen LogP contribution in [0.4, 0.5) is 5.69 Å². The average molecular weight is 689 g/mol. The summed E-state index contributed by atoms with van der Waals surface area (Å²) in [4.78, 5) is 61.2. The molecule has 2 rings (SSSR count). The van der Waals surface area contributed by atoms with E-state index in [9.17, 15) is 19.2 Å². The van der Waals surface area contributed by atoms with Crippen molar-refractivity contribution in [3.05, 3.63) is 29.8 Å². The molecule has 1 aromatic carbocycles. The number of nitrogens with one attached hydrogen (secondary N) is 1. The predicted molar refractivity (Wildman–Crippen MR) is 194 cm³/mol. The van der Waals surface area contributed by atoms with Gasteiger partial charge in [-0.1, -0.05) is 59.2 Å². The Morgan fingerprint density at radius 2 is 1.65 bits per heavy atom. The molecule has 1 heterocycles. The Morgan fingerprint density at radius 3 is 2.20 bits per heavy atom. The number of rotatable bonds is 19. The van der Waals surface area contributed by atoms with E-state index in [1.54, 1.807) is 57.1 Å². The van der Waals surface area contributed by atoms with E-state index in [1.807, 2.05) is 56.9 Å². The quantitative estimate of drug-likeness (QED) is 0.212. The predicted octanol–water partition coefficient (Wildman–Crippen LogP) is 2.89. The van der Waals surface area contributed by atoms with Crippen LogP contribution in [0.25, 0.3) is 0 Å². The second-order valence-corrected chi connectivity index (χ2v) is 14.3. The maximum atomic E-state index is 14.1. The molecule has 49 heavy (non-hydrogen) atoms. The number of methoxy groups -OCH3 is 2. The van der Waals surface area contributed by atoms with Crippen molar-refractivity contribution in [2.24, 2.45) is 17.8 Å². The first kappa shape index (κ1) is 41.9. The number of nitrogens with zero attached hydrogens (tertiary/aromatic N) is 4. The highest BCUT2D eigenvalue weighted by Crippen LogP contribution is 2.30. The van der Waals surface area contributed by atoms with Gasteiger partial charge in [0.25, 0.3) is 0 Å². The van der Waals surface area contributed by atoms with Crippen LogP contribution in [0.1, 0.15) is 65.9 Å². The normalized spacial score (nSPS) is 18.5. The molecular formula is C37H64N6O6. The molecule has 1 saturated heterocycles. The second-order valence-electron chi connectivity index (χ2n) is 14.3. The number of anilines is 1. The molecule has 0 bridgehead atoms. The van der Waals surface area contributed by atoms with Crippen molar-refractivity contribution < 1.29 is 28.7 Å². The van der Waals surface area contributed by atoms with Crippen molar-refractivity contribution in [3.63, 3.8) is 0 Å². The van der Waals surface area contributed by atoms with Crippen molar-refractivity contribution in [3.8, 4) is 0 Å². The molecule has 1 aliphatic rings. The molecule has 0 spiro atoms. The Labute approximate surface area is 295 Å². The van der Waals surface area contributed by atoms with Crippen molar-refractivity contribution in [2.45, 2.75) is 97.1 Å². The Balaban J connectivity index is 2.21. The van der Waals surface area contributed by atoms with Crippen molar-refractivity contribution in [2.75, 3.05) is 67.8 Å². The van der Waals surface area contributed by atoms with Crippen LogP contribution in [0.15, 0.2) is 24.3 Å². The minimum absolute atomic E-state index is 0.0116. The number of nitrogens with two attached hydrogens (primary N) is 1. The third-order valence-corrected chi connectivity index (χ3v) is 10.1. The summed E-state index contributed by atoms with van der Waals surface area (Å²) in [6, 6.07) is 6.25. The average Bonchev–Trinajstić information content (AvgIpc) is 3.54. The van der Waals surface area contributed by atoms with E-state index in [4.69, 9.17) is 15.2 Å². The summed E-state index contributed by atoms with van der Waals surface area (Å²) in [5.41, 5.74) is 7.81. The zero-order valence-corrected chi connectivity index (χ0v) is 31.9. The van der Waals surface area contributed by atoms with Crippen LogP contribution in [0, 0.1) is 17.8 Å². The topological polar surface area (TPSA) is 138 Å². The van der Waals surface area contributed by atoms with Crippen LogP contribution in [0.5, 0.6) is 0 Å². The van der Waals surface area contributed by atoms with Gasteiger partial charge in [-0.25, -0.2) is 0 Å². The summed E-state index contributed by atoms with van der Waals surface area (Å²) >= 11 is 0. The molecule has 12 nitrogen and oxygen atoms in total. The van der Waals surface area contributed by atoms with E-state index in [0.29, 0.717) is 25.2 Å². The Hall–Kier alpha value is -3.22. The lowest BCUT2D eigenvalue weighted by Crippen LogP contribution is -2.58. The number of hydrogen-bond donors (Lipinski definition) is 2. The molecule has 0 aromatic heterocycles. The van der Waals surface area contributed by atoms with Crippen molar-refractivity contribution in [1.29, 1.82) is 0 Å². The maximum absolute atomic E-state index is 14.1. The molecular weight excluding hydrogens is 624 g/mol. The monoisotopic (exact) mass is 688 g/mol. The van der Waals surface area contributed by atoms with E-state index >= 15 is 0 Å². The number of para-hydroxylation sites is 1. The van der Waals surface area contributed by atoms with Gasteiger partial charge in [0.15, 0.2) is 0 Å². The first-order chi connectivity index (χ1) is 23.1. The van der Waals surface area contributed by atoms with Gasteiger partial charge >= 0.3 is 0 Å². The summed E-state index contributed by atoms with van der Waals surface area (Å²) in [5.74, 6) is -1.20. The van der Waals surface area contributed by atoms with Crippen LogP contribution in [-0.2, 0) is 35.1 Å². The zero-order chi connectivity index (χ0) is 37.0. The molecule has 1 aromatic rings. The van der Waals surface area contributed by atoms with E-state index < -0.39 is 30.2 Å². The fourth-order valence-electron chi connectivity index (χ4n) is 7.04. The summed E-state index contributed by atoms with van der Waals surface area (Å²) in [7, 11) is 10.3. The Kier molecular flexibility index (Phi) is 17.0. The standard InChI is InChI=1S/C37H64N6O6/c1-12-25(4)34(42(9)37(47)33(24(2)3)39-31(44)23-40(6)7)30(48-10)22-32(45)43-20-15-18-29(43)35(49-11)26(5)36(46)41(8)21-19-27-16-13-14-17-28(27)38/h13-14,16-17,24-26,29-30,33-35H,12,15,18-23,38H2,1-11H3,(H,39,44)/t25-,26+,29?,30+,33?,34-,35+/m0/s1. The lowest BCUT2D eigenvalue weighted by Gasteiger charge is -2.41. The molecule has 278 valence electrons. The van der Waals surface area contributed by atoms with E-state index in [-0.39, 0.29) is 54.5 Å². The minimum atomic E-state index is -0.718. The number of amides is 4. The smallest absolute Gasteiger partial charge is 0.245 e. The molecule has 0 saturated carbocycles. The third kappa shape index (κ3) is 11.4. The number of likely N-dealkylation sites (tertiary alicyclic amines) is 1. The Bertz CT molecular complexity index is 1230. The lowest BCUT2D eigenvalue weighted by atomic mass is 9.89. The summed E-state index contributed by atoms with van der Waals surface area (Å²) < 4.78 is 11.9. The maximum Gasteiger partial charge on any atom is 0.245 e. The number of likely N-dealkylation sites (N-methyl/N-ethyl adjacent to an activating group) is 3. The van der Waals surface area contributed by atoms with E-state index in [1.165, 1.54) is 0 Å². The molecule has 4 amide bonds. The number of ether oxygens (including phenoxy) is 2. The molecule has 0 radical (unpaired) electrons. The highest BCUT2D eigenvalue weighted by Gasteiger charge is 2.43. The fraction of sp³-hybridized carbons (Fsp3) is 0.730. The van der Waals surface area contributed by atoms with Crippen LogP contribution < -0.4 is 11.1 Å². The van der Waals surface area contributed by atoms with Gasteiger partial charge in [-0.05, 0) is 56.8 Å². The van der Waals surface area contributed by atoms with Gasteiger partial charge in [0.1, 0.15) is 6.04 Å². The number of nitrogen functional groups attached to an aromatic ring is 1. The number of carbonyl (C=O) groups excluding carboxylic acids is 4. The van der Waals surface area contributed by atoms with E-state index in [0.717, 1.165) is 24.8 Å². The first-order valence-electron chi connectivity index (χ1n) is 17.7. The van der Waals surface area contributed by atoms with Gasteiger partial charge in [0.05, 0.1) is 43.2 Å². The van der Waals surface area contributed by atoms with Gasteiger partial charge in [-0.15, -0.1) is 0 Å². The van der Waals surface area contributed by atoms with Crippen LogP contribution in [0.2, 0.25) is 0 Å². The van der Waals surface area contributed by atoms with Gasteiger partial charge in [-0.2, -0.15) is 0 Å². The molecule has 2 unspecified atom stereocenters. The number of hydrogen-bond acceptors (Lipinski definition) is 8. The second kappa shape index (κ2) is 19.8. The van der Waals surface area contributed by atoms with E-state index in [2.05, 4.69) is 12.2 Å². The molecule has 12 heteroatoms. The van der Waals surface area contributed by atoms with Crippen molar-refractivity contribution >= 4 is 29.3 Å². The molecule has 3 N–H and O–H groups in total. The SMILES string of the molecule is CC[C@H](C)[C@@H]([C@@H](CC(=O)N1CCCC1[C@H](OC)[C@@H](C)C(=O)N(C)CCc1ccccc1N)OC)N(C)C(=O)C(NC(=O)CN(C)C)C(C)C. The third-order valence-electron chi connectivity index (χ3n) is 10.1. The van der Waals surface area contributed by atoms with Crippen LogP contribution in [0.3, 0.4) is 0 Å². The zero-order valence-electron chi connectivity index (χ0n) is 31.9. The highest BCUT2D eigenvalue weighted by molar-refractivity contribution is 5.89.